The normalized spacial score (nSPS) is 18.9. The summed E-state index contributed by atoms with van der Waals surface area (Å²) < 4.78 is 15.8. The Labute approximate surface area is 202 Å². The third-order valence-corrected chi connectivity index (χ3v) is 6.58. The summed E-state index contributed by atoms with van der Waals surface area (Å²) in [5.74, 6) is 0. The van der Waals surface area contributed by atoms with Crippen LogP contribution in [0.5, 0.6) is 0 Å². The van der Waals surface area contributed by atoms with E-state index in [0.29, 0.717) is 46.7 Å². The second-order valence-electron chi connectivity index (χ2n) is 8.88. The van der Waals surface area contributed by atoms with Gasteiger partial charge in [0.05, 0.1) is 23.7 Å². The van der Waals surface area contributed by atoms with Gasteiger partial charge in [-0.05, 0) is 32.3 Å². The molecule has 1 aliphatic rings. The van der Waals surface area contributed by atoms with E-state index in [1.165, 1.54) is 6.21 Å². The first-order chi connectivity index (χ1) is 16.9. The van der Waals surface area contributed by atoms with Gasteiger partial charge in [-0.2, -0.15) is 10.1 Å². The monoisotopic (exact) mass is 475 g/mol. The van der Waals surface area contributed by atoms with E-state index in [9.17, 15) is 4.79 Å². The molecule has 35 heavy (non-hydrogen) atoms. The Morgan fingerprint density at radius 3 is 2.86 bits per heavy atom. The Morgan fingerprint density at radius 2 is 2.17 bits per heavy atom. The number of nitrogens with zero attached hydrogens (tertiary/aromatic N) is 5. The van der Waals surface area contributed by atoms with Crippen LogP contribution < -0.4 is 11.0 Å². The lowest BCUT2D eigenvalue weighted by Gasteiger charge is -2.30. The summed E-state index contributed by atoms with van der Waals surface area (Å²) in [6.07, 6.45) is 8.88. The van der Waals surface area contributed by atoms with Gasteiger partial charge in [0, 0.05) is 61.9 Å². The lowest BCUT2D eigenvalue weighted by Crippen LogP contribution is -2.34. The SMILES string of the molecule is CC[C@H]1C[C@@H](n2c(=O)nc(/C(C=N)=C/NC)c3oc4c(C)nc(-c5cnn(C)c5)cc4c32)CCO1. The Kier molecular flexibility index (Phi) is 5.98. The summed E-state index contributed by atoms with van der Waals surface area (Å²) in [6, 6.07) is 1.88. The molecule has 0 saturated carbocycles. The van der Waals surface area contributed by atoms with Crippen LogP contribution >= 0.6 is 0 Å². The molecule has 0 radical (unpaired) electrons. The largest absolute Gasteiger partial charge is 0.450 e. The van der Waals surface area contributed by atoms with Crippen molar-refractivity contribution in [3.63, 3.8) is 0 Å². The second-order valence-corrected chi connectivity index (χ2v) is 8.88. The minimum absolute atomic E-state index is 0.0712. The van der Waals surface area contributed by atoms with Crippen molar-refractivity contribution in [2.75, 3.05) is 13.7 Å². The van der Waals surface area contributed by atoms with Crippen molar-refractivity contribution >= 4 is 33.9 Å². The molecule has 4 aromatic heterocycles. The fourth-order valence-electron chi connectivity index (χ4n) is 4.88. The number of ether oxygens (including phenoxy) is 1. The van der Waals surface area contributed by atoms with E-state index in [4.69, 9.17) is 19.5 Å². The molecule has 1 fully saturated rings. The van der Waals surface area contributed by atoms with Gasteiger partial charge in [-0.25, -0.2) is 9.78 Å². The Bertz CT molecular complexity index is 1510. The lowest BCUT2D eigenvalue weighted by molar-refractivity contribution is -0.00711. The van der Waals surface area contributed by atoms with Crippen molar-refractivity contribution in [1.82, 2.24) is 29.6 Å². The first-order valence-electron chi connectivity index (χ1n) is 11.8. The summed E-state index contributed by atoms with van der Waals surface area (Å²) in [5, 5.41) is 15.9. The molecule has 0 amide bonds. The number of pyridine rings is 1. The third-order valence-electron chi connectivity index (χ3n) is 6.58. The number of hydrogen-bond donors (Lipinski definition) is 2. The number of aromatic nitrogens is 5. The van der Waals surface area contributed by atoms with Gasteiger partial charge in [0.25, 0.3) is 0 Å². The van der Waals surface area contributed by atoms with Crippen molar-refractivity contribution in [2.45, 2.75) is 45.3 Å². The summed E-state index contributed by atoms with van der Waals surface area (Å²) >= 11 is 0. The van der Waals surface area contributed by atoms with E-state index in [0.717, 1.165) is 29.5 Å². The average molecular weight is 476 g/mol. The molecule has 0 aliphatic carbocycles. The van der Waals surface area contributed by atoms with Crippen molar-refractivity contribution in [3.8, 4) is 11.3 Å². The van der Waals surface area contributed by atoms with Crippen molar-refractivity contribution < 1.29 is 9.15 Å². The van der Waals surface area contributed by atoms with Crippen molar-refractivity contribution in [1.29, 1.82) is 5.41 Å². The molecule has 5 heterocycles. The number of hydrogen-bond acceptors (Lipinski definition) is 8. The highest BCUT2D eigenvalue weighted by Gasteiger charge is 2.29. The molecular weight excluding hydrogens is 446 g/mol. The maximum atomic E-state index is 13.6. The molecule has 0 aromatic carbocycles. The van der Waals surface area contributed by atoms with Crippen molar-refractivity contribution in [3.05, 3.63) is 46.5 Å². The molecule has 0 unspecified atom stereocenters. The van der Waals surface area contributed by atoms with E-state index >= 15 is 0 Å². The molecular formula is C25H29N7O3. The van der Waals surface area contributed by atoms with Crippen molar-refractivity contribution in [2.24, 2.45) is 7.05 Å². The van der Waals surface area contributed by atoms with Crippen LogP contribution in [0, 0.1) is 12.3 Å². The molecule has 2 atom stereocenters. The van der Waals surface area contributed by atoms with Crippen LogP contribution in [-0.4, -0.2) is 50.3 Å². The summed E-state index contributed by atoms with van der Waals surface area (Å²) in [5.41, 5.74) is 4.51. The lowest BCUT2D eigenvalue weighted by atomic mass is 10.0. The van der Waals surface area contributed by atoms with E-state index in [-0.39, 0.29) is 17.8 Å². The third kappa shape index (κ3) is 3.93. The number of rotatable bonds is 6. The van der Waals surface area contributed by atoms with Crippen LogP contribution in [0.3, 0.4) is 0 Å². The molecule has 10 nitrogen and oxygen atoms in total. The van der Waals surface area contributed by atoms with Gasteiger partial charge >= 0.3 is 5.69 Å². The Hall–Kier alpha value is -3.79. The highest BCUT2D eigenvalue weighted by atomic mass is 16.5. The molecule has 4 aromatic rings. The van der Waals surface area contributed by atoms with Gasteiger partial charge < -0.3 is 19.9 Å². The average Bonchev–Trinajstić information content (AvgIpc) is 3.46. The van der Waals surface area contributed by atoms with E-state index in [2.05, 4.69) is 22.3 Å². The molecule has 0 spiro atoms. The van der Waals surface area contributed by atoms with Gasteiger partial charge in [0.15, 0.2) is 11.2 Å². The van der Waals surface area contributed by atoms with Crippen LogP contribution in [-0.2, 0) is 11.8 Å². The minimum atomic E-state index is -0.363. The van der Waals surface area contributed by atoms with Gasteiger partial charge in [-0.1, -0.05) is 6.92 Å². The van der Waals surface area contributed by atoms with Gasteiger partial charge in [-0.3, -0.25) is 9.25 Å². The molecule has 2 N–H and O–H groups in total. The van der Waals surface area contributed by atoms with Crippen LogP contribution in [0.15, 0.2) is 33.9 Å². The maximum absolute atomic E-state index is 13.6. The second kappa shape index (κ2) is 9.10. The topological polar surface area (TPSA) is 124 Å². The van der Waals surface area contributed by atoms with E-state index in [1.807, 2.05) is 26.2 Å². The predicted molar refractivity (Wildman–Crippen MR) is 135 cm³/mol. The first-order valence-corrected chi connectivity index (χ1v) is 11.8. The summed E-state index contributed by atoms with van der Waals surface area (Å²) in [7, 11) is 3.60. The molecule has 1 saturated heterocycles. The molecule has 5 rings (SSSR count). The standard InChI is InChI=1S/C25H29N7O3/c1-5-18-8-17(6-7-34-18)32-22-19-9-20(16-12-28-31(4)13-16)29-14(2)23(19)35-24(22)21(30-25(32)33)15(10-26)11-27-3/h9-13,17-18,26-27H,5-8H2,1-4H3/b15-11+,26-10?/t17-,18-/m0/s1. The van der Waals surface area contributed by atoms with Gasteiger partial charge in [-0.15, -0.1) is 0 Å². The zero-order valence-electron chi connectivity index (χ0n) is 20.3. The number of fused-ring (bicyclic) bond motifs is 3. The fraction of sp³-hybridized carbons (Fsp3) is 0.400. The molecule has 1 aliphatic heterocycles. The fourth-order valence-corrected chi connectivity index (χ4v) is 4.88. The minimum Gasteiger partial charge on any atom is -0.450 e. The summed E-state index contributed by atoms with van der Waals surface area (Å²) in [4.78, 5) is 22.7. The zero-order chi connectivity index (χ0) is 24.7. The van der Waals surface area contributed by atoms with Gasteiger partial charge in [0.1, 0.15) is 11.2 Å². The number of furan rings is 1. The predicted octanol–water partition coefficient (Wildman–Crippen LogP) is 3.59. The van der Waals surface area contributed by atoms with Crippen LogP contribution in [0.4, 0.5) is 0 Å². The number of allylic oxidation sites excluding steroid dienone is 1. The molecule has 0 bridgehead atoms. The quantitative estimate of drug-likeness (QED) is 0.408. The highest BCUT2D eigenvalue weighted by molar-refractivity contribution is 6.15. The number of aryl methyl sites for hydroxylation is 2. The van der Waals surface area contributed by atoms with Gasteiger partial charge in [0.2, 0.25) is 0 Å². The van der Waals surface area contributed by atoms with Crippen LogP contribution in [0.2, 0.25) is 0 Å². The Morgan fingerprint density at radius 1 is 1.34 bits per heavy atom. The van der Waals surface area contributed by atoms with Crippen LogP contribution in [0.25, 0.3) is 38.9 Å². The zero-order valence-corrected chi connectivity index (χ0v) is 20.3. The van der Waals surface area contributed by atoms with E-state index in [1.54, 1.807) is 28.7 Å². The number of nitrogens with one attached hydrogen (secondary N) is 2. The Balaban J connectivity index is 1.86. The molecule has 10 heteroatoms. The smallest absolute Gasteiger partial charge is 0.349 e. The summed E-state index contributed by atoms with van der Waals surface area (Å²) in [6.45, 7) is 4.57. The first kappa shape index (κ1) is 23.0. The highest BCUT2D eigenvalue weighted by Crippen LogP contribution is 2.37. The van der Waals surface area contributed by atoms with Crippen LogP contribution in [0.1, 0.15) is 43.6 Å². The maximum Gasteiger partial charge on any atom is 0.349 e. The van der Waals surface area contributed by atoms with E-state index < -0.39 is 0 Å². The molecule has 182 valence electrons.